The molecule has 2 bridgehead atoms. The number of unbranched alkanes of at least 4 members (excludes halogenated alkanes) is 6. The Morgan fingerprint density at radius 3 is 1.63 bits per heavy atom. The molecule has 6 heteroatoms. The first kappa shape index (κ1) is 37.8. The van der Waals surface area contributed by atoms with E-state index in [0.717, 1.165) is 85.3 Å². The maximum Gasteiger partial charge on any atom is 0.278 e. The average Bonchev–Trinajstić information content (AvgIpc) is 3.43. The Morgan fingerprint density at radius 2 is 1.20 bits per heavy atom. The summed E-state index contributed by atoms with van der Waals surface area (Å²) in [4.78, 5) is 16.5. The van der Waals surface area contributed by atoms with Crippen molar-refractivity contribution in [3.8, 4) is 0 Å². The van der Waals surface area contributed by atoms with Gasteiger partial charge in [-0.05, 0) is 114 Å². The molecule has 0 radical (unpaired) electrons. The van der Waals surface area contributed by atoms with Gasteiger partial charge < -0.3 is 0 Å². The summed E-state index contributed by atoms with van der Waals surface area (Å²) in [6, 6.07) is 25.0. The highest BCUT2D eigenvalue weighted by atomic mass is 32.3. The van der Waals surface area contributed by atoms with Gasteiger partial charge in [-0.15, -0.1) is 0 Å². The minimum Gasteiger partial charge on any atom is -0.299 e. The van der Waals surface area contributed by atoms with Gasteiger partial charge in [0.1, 0.15) is 5.78 Å². The maximum atomic E-state index is 15.0. The van der Waals surface area contributed by atoms with E-state index >= 15 is 0 Å². The molecule has 3 aromatic rings. The lowest BCUT2D eigenvalue weighted by molar-refractivity contribution is -0.128. The topological polar surface area (TPSA) is 60.4 Å². The van der Waals surface area contributed by atoms with Crippen molar-refractivity contribution in [2.24, 2.45) is 16.7 Å². The second kappa shape index (κ2) is 16.3. The molecule has 2 aliphatic carbocycles. The molecule has 3 aromatic carbocycles. The van der Waals surface area contributed by atoms with Crippen molar-refractivity contribution in [3.05, 3.63) is 89.5 Å². The number of fused-ring (bicyclic) bond motifs is 2. The summed E-state index contributed by atoms with van der Waals surface area (Å²) in [7, 11) is -7.00. The van der Waals surface area contributed by atoms with Crippen molar-refractivity contribution in [1.82, 2.24) is 0 Å². The number of carbonyl (C=O) groups is 1. The van der Waals surface area contributed by atoms with Crippen molar-refractivity contribution in [3.63, 3.8) is 0 Å². The lowest BCUT2D eigenvalue weighted by Gasteiger charge is -2.43. The molecule has 268 valence electrons. The number of Topliss-reactive ketones (excluding diaryl/α,β-unsaturated/α-hetero) is 1. The molecule has 0 amide bonds. The monoisotopic (exact) mass is 704 g/mol. The molecule has 5 rings (SSSR count). The standard InChI is InChI=1S/C43H60O4S2/c1-6-9-14-21-34-30-35(22-15-10-7-2)41(36(31-34)23-16-11-8-3)49(38-24-17-12-18-25-38,39-26-19-13-20-27-39)47-48(45,46)33-43-29-28-37(32-40(43)44)42(43,4)5/h12-13,17-20,24-27,30-31,37H,6-11,14-16,21-23,28-29,32-33H2,1-5H3. The lowest BCUT2D eigenvalue weighted by atomic mass is 9.70. The van der Waals surface area contributed by atoms with E-state index in [9.17, 15) is 13.2 Å². The van der Waals surface area contributed by atoms with Crippen molar-refractivity contribution >= 4 is 26.2 Å². The molecular formula is C43H60O4S2. The summed E-state index contributed by atoms with van der Waals surface area (Å²) in [5.41, 5.74) is 2.51. The predicted octanol–water partition coefficient (Wildman–Crippen LogP) is 11.8. The molecule has 0 saturated heterocycles. The van der Waals surface area contributed by atoms with Crippen LogP contribution in [0.15, 0.2) is 87.5 Å². The molecule has 2 atom stereocenters. The van der Waals surface area contributed by atoms with Gasteiger partial charge >= 0.3 is 0 Å². The third-order valence-electron chi connectivity index (χ3n) is 11.7. The summed E-state index contributed by atoms with van der Waals surface area (Å²) in [6.45, 7) is 10.9. The van der Waals surface area contributed by atoms with Crippen LogP contribution in [-0.2, 0) is 37.8 Å². The van der Waals surface area contributed by atoms with Crippen molar-refractivity contribution in [2.75, 3.05) is 5.75 Å². The highest BCUT2D eigenvalue weighted by Crippen LogP contribution is 2.73. The van der Waals surface area contributed by atoms with Gasteiger partial charge in [0, 0.05) is 21.1 Å². The summed E-state index contributed by atoms with van der Waals surface area (Å²) in [6.07, 6.45) is 14.8. The Morgan fingerprint density at radius 1 is 0.714 bits per heavy atom. The van der Waals surface area contributed by atoms with E-state index in [0.29, 0.717) is 12.8 Å². The third kappa shape index (κ3) is 7.77. The Labute approximate surface area is 299 Å². The van der Waals surface area contributed by atoms with E-state index in [1.165, 1.54) is 29.5 Å². The van der Waals surface area contributed by atoms with Crippen LogP contribution in [0.4, 0.5) is 0 Å². The fourth-order valence-corrected chi connectivity index (χ4v) is 15.2. The van der Waals surface area contributed by atoms with E-state index in [2.05, 4.69) is 71.0 Å². The van der Waals surface area contributed by atoms with Crippen LogP contribution in [0, 0.1) is 16.7 Å². The van der Waals surface area contributed by atoms with E-state index in [4.69, 9.17) is 3.63 Å². The molecule has 2 fully saturated rings. The summed E-state index contributed by atoms with van der Waals surface area (Å²) in [5.74, 6) is 0.0615. The van der Waals surface area contributed by atoms with Crippen LogP contribution in [0.25, 0.3) is 0 Å². The summed E-state index contributed by atoms with van der Waals surface area (Å²) in [5, 5.41) is 0. The van der Waals surface area contributed by atoms with Gasteiger partial charge in [-0.3, -0.25) is 4.79 Å². The second-order valence-corrected chi connectivity index (χ2v) is 19.6. The van der Waals surface area contributed by atoms with Crippen molar-refractivity contribution in [2.45, 2.75) is 146 Å². The van der Waals surface area contributed by atoms with E-state index in [-0.39, 0.29) is 22.9 Å². The molecule has 49 heavy (non-hydrogen) atoms. The Balaban J connectivity index is 1.78. The smallest absolute Gasteiger partial charge is 0.278 e. The highest BCUT2D eigenvalue weighted by Gasteiger charge is 2.66. The van der Waals surface area contributed by atoms with Crippen LogP contribution < -0.4 is 0 Å². The van der Waals surface area contributed by atoms with Crippen molar-refractivity contribution in [1.29, 1.82) is 0 Å². The van der Waals surface area contributed by atoms with Gasteiger partial charge in [0.2, 0.25) is 0 Å². The number of carbonyl (C=O) groups excluding carboxylic acids is 1. The van der Waals surface area contributed by atoms with Gasteiger partial charge in [-0.1, -0.05) is 122 Å². The zero-order valence-corrected chi connectivity index (χ0v) is 32.4. The zero-order valence-electron chi connectivity index (χ0n) is 30.8. The third-order valence-corrected chi connectivity index (χ3v) is 17.1. The molecule has 4 nitrogen and oxygen atoms in total. The Hall–Kier alpha value is -2.41. The quantitative estimate of drug-likeness (QED) is 0.117. The molecule has 0 aliphatic heterocycles. The van der Waals surface area contributed by atoms with Crippen LogP contribution in [0.5, 0.6) is 0 Å². The van der Waals surface area contributed by atoms with E-state index < -0.39 is 25.8 Å². The van der Waals surface area contributed by atoms with Crippen LogP contribution in [0.2, 0.25) is 0 Å². The molecule has 2 aliphatic rings. The van der Waals surface area contributed by atoms with Gasteiger partial charge in [-0.25, -0.2) is 3.63 Å². The molecule has 2 saturated carbocycles. The van der Waals surface area contributed by atoms with Crippen LogP contribution in [-0.4, -0.2) is 20.0 Å². The highest BCUT2D eigenvalue weighted by molar-refractivity contribution is 8.33. The first-order valence-corrected chi connectivity index (χ1v) is 22.2. The number of rotatable bonds is 19. The average molecular weight is 705 g/mol. The summed E-state index contributed by atoms with van der Waals surface area (Å²) < 4.78 is 37.0. The van der Waals surface area contributed by atoms with Gasteiger partial charge in [0.15, 0.2) is 0 Å². The molecule has 0 heterocycles. The molecule has 0 aromatic heterocycles. The van der Waals surface area contributed by atoms with Gasteiger partial charge in [0.05, 0.1) is 11.2 Å². The number of aryl methyl sites for hydroxylation is 3. The number of ketones is 1. The second-order valence-electron chi connectivity index (χ2n) is 15.2. The van der Waals surface area contributed by atoms with Crippen LogP contribution in [0.3, 0.4) is 0 Å². The first-order chi connectivity index (χ1) is 23.5. The molecular weight excluding hydrogens is 645 g/mol. The zero-order chi connectivity index (χ0) is 35.1. The molecule has 2 unspecified atom stereocenters. The number of hydrogen-bond donors (Lipinski definition) is 0. The van der Waals surface area contributed by atoms with Gasteiger partial charge in [0.25, 0.3) is 10.1 Å². The molecule has 0 spiro atoms. The van der Waals surface area contributed by atoms with Gasteiger partial charge in [-0.2, -0.15) is 8.42 Å². The number of hydrogen-bond acceptors (Lipinski definition) is 4. The summed E-state index contributed by atoms with van der Waals surface area (Å²) >= 11 is 0. The lowest BCUT2D eigenvalue weighted by Crippen LogP contribution is -2.42. The molecule has 0 N–H and O–H groups in total. The van der Waals surface area contributed by atoms with E-state index in [1.54, 1.807) is 0 Å². The van der Waals surface area contributed by atoms with Crippen molar-refractivity contribution < 1.29 is 16.8 Å². The first-order valence-electron chi connectivity index (χ1n) is 19.1. The Bertz CT molecular complexity index is 1580. The fraction of sp³-hybridized carbons (Fsp3) is 0.558. The number of benzene rings is 3. The normalized spacial score (nSPS) is 20.6. The fourth-order valence-electron chi connectivity index (χ4n) is 8.72. The maximum absolute atomic E-state index is 15.0. The minimum absolute atomic E-state index is 0.0953. The predicted molar refractivity (Wildman–Crippen MR) is 205 cm³/mol. The Kier molecular flexibility index (Phi) is 12.6. The van der Waals surface area contributed by atoms with Crippen LogP contribution in [0.1, 0.15) is 128 Å². The SMILES string of the molecule is CCCCCc1cc(CCCCC)c(S(OS(=O)(=O)CC23CCC(CC2=O)C3(C)C)(c2ccccc2)c2ccccc2)c(CCCCC)c1. The van der Waals surface area contributed by atoms with E-state index in [1.807, 2.05) is 36.4 Å². The largest absolute Gasteiger partial charge is 0.299 e. The van der Waals surface area contributed by atoms with Crippen LogP contribution >= 0.6 is 10.3 Å². The minimum atomic E-state index is -4.21.